The Labute approximate surface area is 445 Å². The van der Waals surface area contributed by atoms with Gasteiger partial charge < -0.3 is 28.5 Å². The van der Waals surface area contributed by atoms with Gasteiger partial charge in [0.15, 0.2) is 0 Å². The van der Waals surface area contributed by atoms with E-state index < -0.39 is 26.6 Å². The molecule has 10 heteroatoms. The number of carbonyl (C=O) groups is 2. The molecule has 3 atom stereocenters. The zero-order valence-electron chi connectivity index (χ0n) is 47.9. The number of ether oxygens (including phenoxy) is 1. The van der Waals surface area contributed by atoms with Crippen LogP contribution in [0.1, 0.15) is 271 Å². The quantitative estimate of drug-likeness (QED) is 0.0212. The Morgan fingerprint density at radius 2 is 0.889 bits per heavy atom. The summed E-state index contributed by atoms with van der Waals surface area (Å²) in [7, 11) is 1.17. The van der Waals surface area contributed by atoms with Gasteiger partial charge in [-0.2, -0.15) is 0 Å². The molecule has 72 heavy (non-hydrogen) atoms. The number of unbranched alkanes of at least 4 members (excludes halogenated alkanes) is 30. The summed E-state index contributed by atoms with van der Waals surface area (Å²) in [5, 5.41) is 3.02. The number of phosphoric acid groups is 1. The SMILES string of the molecule is CC/C=C/C/C=C/C/C=C/CCCCCCCCC(=O)NC(COP(=O)([O-])OCC[N+](C)(C)C)C(/C=C/CCCCCCCCCCC)OC(=O)CCCCCCCCCCC/C=C/CCCCCCCC. The van der Waals surface area contributed by atoms with E-state index in [9.17, 15) is 19.0 Å². The summed E-state index contributed by atoms with van der Waals surface area (Å²) in [4.78, 5) is 39.9. The van der Waals surface area contributed by atoms with Crippen molar-refractivity contribution in [1.82, 2.24) is 5.32 Å². The number of nitrogens with one attached hydrogen (secondary N) is 1. The van der Waals surface area contributed by atoms with E-state index in [1.807, 2.05) is 33.3 Å². The first kappa shape index (κ1) is 69.7. The number of esters is 1. The molecular formula is C62H115N2O7P. The lowest BCUT2D eigenvalue weighted by Crippen LogP contribution is -2.47. The van der Waals surface area contributed by atoms with Gasteiger partial charge in [0.05, 0.1) is 33.8 Å². The Morgan fingerprint density at radius 3 is 1.35 bits per heavy atom. The van der Waals surface area contributed by atoms with Gasteiger partial charge in [-0.1, -0.05) is 230 Å². The van der Waals surface area contributed by atoms with E-state index in [2.05, 4.69) is 74.7 Å². The normalized spacial score (nSPS) is 14.2. The topological polar surface area (TPSA) is 114 Å². The lowest BCUT2D eigenvalue weighted by atomic mass is 10.0. The highest BCUT2D eigenvalue weighted by Crippen LogP contribution is 2.38. The summed E-state index contributed by atoms with van der Waals surface area (Å²) in [6.45, 7) is 6.72. The Bertz CT molecular complexity index is 1420. The van der Waals surface area contributed by atoms with Crippen molar-refractivity contribution in [2.75, 3.05) is 40.9 Å². The molecule has 0 bridgehead atoms. The van der Waals surface area contributed by atoms with Crippen LogP contribution in [-0.4, -0.2) is 69.4 Å². The lowest BCUT2D eigenvalue weighted by Gasteiger charge is -2.30. The summed E-state index contributed by atoms with van der Waals surface area (Å²) >= 11 is 0. The molecule has 1 amide bonds. The number of hydrogen-bond acceptors (Lipinski definition) is 7. The molecule has 420 valence electrons. The molecule has 0 radical (unpaired) electrons. The molecule has 0 saturated heterocycles. The second-order valence-electron chi connectivity index (χ2n) is 21.5. The second kappa shape index (κ2) is 52.2. The van der Waals surface area contributed by atoms with Crippen molar-refractivity contribution in [1.29, 1.82) is 0 Å². The van der Waals surface area contributed by atoms with E-state index in [1.54, 1.807) is 0 Å². The van der Waals surface area contributed by atoms with Crippen LogP contribution in [0.25, 0.3) is 0 Å². The van der Waals surface area contributed by atoms with Gasteiger partial charge in [-0.3, -0.25) is 14.2 Å². The Balaban J connectivity index is 5.26. The standard InChI is InChI=1S/C62H115N2O7P/c1-7-10-13-16-19-22-25-27-29-31-32-33-35-37-40-43-46-49-52-55-62(66)71-60(53-50-47-44-41-38-24-21-18-15-12-9-3)59(58-70-72(67,68)69-57-56-64(4,5)6)63-61(65)54-51-48-45-42-39-36-34-30-28-26-23-20-17-14-11-8-2/h11,14,20,23,27-30,50,53,59-60H,7-10,12-13,15-19,21-22,24-26,31-49,51-52,54-58H2,1-6H3,(H-,63,65,67,68)/b14-11+,23-20+,29-27+,30-28+,53-50+. The number of phosphoric ester groups is 1. The fourth-order valence-electron chi connectivity index (χ4n) is 8.53. The van der Waals surface area contributed by atoms with Crippen molar-refractivity contribution in [2.45, 2.75) is 283 Å². The molecule has 0 spiro atoms. The molecule has 0 aromatic heterocycles. The maximum absolute atomic E-state index is 13.5. The van der Waals surface area contributed by atoms with E-state index >= 15 is 0 Å². The summed E-state index contributed by atoms with van der Waals surface area (Å²) in [5.74, 6) is -0.555. The lowest BCUT2D eigenvalue weighted by molar-refractivity contribution is -0.870. The number of carbonyl (C=O) groups excluding carboxylic acids is 2. The number of likely N-dealkylation sites (N-methyl/N-ethyl adjacent to an activating group) is 1. The molecule has 0 aliphatic heterocycles. The predicted molar refractivity (Wildman–Crippen MR) is 307 cm³/mol. The smallest absolute Gasteiger partial charge is 0.306 e. The number of rotatable bonds is 54. The molecule has 1 N–H and O–H groups in total. The molecule has 3 unspecified atom stereocenters. The van der Waals surface area contributed by atoms with Crippen LogP contribution in [0.15, 0.2) is 60.8 Å². The summed E-state index contributed by atoms with van der Waals surface area (Å²) < 4.78 is 30.3. The first-order chi connectivity index (χ1) is 34.9. The third kappa shape index (κ3) is 52.6. The number of quaternary nitrogens is 1. The molecule has 0 aromatic carbocycles. The van der Waals surface area contributed by atoms with Crippen LogP contribution < -0.4 is 10.2 Å². The monoisotopic (exact) mass is 1030 g/mol. The van der Waals surface area contributed by atoms with Gasteiger partial charge >= 0.3 is 5.97 Å². The molecule has 0 fully saturated rings. The Hall–Kier alpha value is -2.29. The third-order valence-corrected chi connectivity index (χ3v) is 14.1. The van der Waals surface area contributed by atoms with Gasteiger partial charge in [-0.05, 0) is 89.5 Å². The van der Waals surface area contributed by atoms with Crippen molar-refractivity contribution in [3.8, 4) is 0 Å². The van der Waals surface area contributed by atoms with E-state index in [0.717, 1.165) is 103 Å². The molecule has 0 saturated carbocycles. The molecule has 0 aromatic rings. The highest BCUT2D eigenvalue weighted by molar-refractivity contribution is 7.45. The van der Waals surface area contributed by atoms with Crippen LogP contribution in [0.4, 0.5) is 0 Å². The number of amides is 1. The molecule has 9 nitrogen and oxygen atoms in total. The Morgan fingerprint density at radius 1 is 0.500 bits per heavy atom. The van der Waals surface area contributed by atoms with E-state index in [0.29, 0.717) is 17.4 Å². The van der Waals surface area contributed by atoms with Crippen molar-refractivity contribution in [3.63, 3.8) is 0 Å². The zero-order valence-corrected chi connectivity index (χ0v) is 48.8. The predicted octanol–water partition coefficient (Wildman–Crippen LogP) is 17.6. The van der Waals surface area contributed by atoms with E-state index in [1.165, 1.54) is 135 Å². The van der Waals surface area contributed by atoms with Crippen molar-refractivity contribution in [3.05, 3.63) is 60.8 Å². The van der Waals surface area contributed by atoms with E-state index in [-0.39, 0.29) is 24.9 Å². The first-order valence-electron chi connectivity index (χ1n) is 30.1. The van der Waals surface area contributed by atoms with Gasteiger partial charge in [0.25, 0.3) is 7.82 Å². The van der Waals surface area contributed by atoms with Crippen LogP contribution in [0.3, 0.4) is 0 Å². The minimum atomic E-state index is -4.70. The van der Waals surface area contributed by atoms with Crippen LogP contribution >= 0.6 is 7.82 Å². The zero-order chi connectivity index (χ0) is 52.9. The summed E-state index contributed by atoms with van der Waals surface area (Å²) in [6, 6.07) is -0.896. The largest absolute Gasteiger partial charge is 0.756 e. The van der Waals surface area contributed by atoms with Crippen molar-refractivity contribution >= 4 is 19.7 Å². The third-order valence-electron chi connectivity index (χ3n) is 13.2. The maximum atomic E-state index is 13.5. The average Bonchev–Trinajstić information content (AvgIpc) is 3.34. The molecule has 0 heterocycles. The van der Waals surface area contributed by atoms with Crippen LogP contribution in [0.2, 0.25) is 0 Å². The number of hydrogen-bond donors (Lipinski definition) is 1. The summed E-state index contributed by atoms with van der Waals surface area (Å²) in [5.41, 5.74) is 0. The van der Waals surface area contributed by atoms with Crippen LogP contribution in [0, 0.1) is 0 Å². The second-order valence-corrected chi connectivity index (χ2v) is 22.9. The summed E-state index contributed by atoms with van der Waals surface area (Å²) in [6.07, 6.45) is 64.7. The van der Waals surface area contributed by atoms with Crippen molar-refractivity contribution in [2.24, 2.45) is 0 Å². The van der Waals surface area contributed by atoms with Gasteiger partial charge in [0.2, 0.25) is 5.91 Å². The van der Waals surface area contributed by atoms with Gasteiger partial charge in [-0.15, -0.1) is 0 Å². The Kier molecular flexibility index (Phi) is 50.5. The highest BCUT2D eigenvalue weighted by atomic mass is 31.2. The van der Waals surface area contributed by atoms with E-state index in [4.69, 9.17) is 13.8 Å². The molecular weight excluding hydrogens is 916 g/mol. The molecule has 0 aliphatic rings. The number of allylic oxidation sites excluding steroid dienone is 9. The first-order valence-corrected chi connectivity index (χ1v) is 31.6. The average molecular weight is 1030 g/mol. The van der Waals surface area contributed by atoms with Gasteiger partial charge in [0, 0.05) is 12.8 Å². The number of nitrogens with zero attached hydrogens (tertiary/aromatic N) is 1. The van der Waals surface area contributed by atoms with Crippen molar-refractivity contribution < 1.29 is 37.3 Å². The highest BCUT2D eigenvalue weighted by Gasteiger charge is 2.27. The maximum Gasteiger partial charge on any atom is 0.306 e. The minimum absolute atomic E-state index is 0.0264. The van der Waals surface area contributed by atoms with Gasteiger partial charge in [-0.25, -0.2) is 0 Å². The molecule has 0 aliphatic carbocycles. The van der Waals surface area contributed by atoms with Gasteiger partial charge in [0.1, 0.15) is 19.3 Å². The van der Waals surface area contributed by atoms with Crippen LogP contribution in [0.5, 0.6) is 0 Å². The molecule has 0 rings (SSSR count). The fourth-order valence-corrected chi connectivity index (χ4v) is 9.25. The van der Waals surface area contributed by atoms with Crippen LogP contribution in [-0.2, 0) is 27.9 Å². The minimum Gasteiger partial charge on any atom is -0.756 e. The fraction of sp³-hybridized carbons (Fsp3) is 0.806.